The molecule has 10 nitrogen and oxygen atoms in total. The number of carbonyl (C=O) groups excluding carboxylic acids is 3. The van der Waals surface area contributed by atoms with Gasteiger partial charge in [-0.15, -0.1) is 0 Å². The third-order valence-corrected chi connectivity index (χ3v) is 10.6. The summed E-state index contributed by atoms with van der Waals surface area (Å²) in [7, 11) is 0. The van der Waals surface area contributed by atoms with Crippen molar-refractivity contribution in [1.29, 1.82) is 0 Å². The molecule has 3 saturated heterocycles. The van der Waals surface area contributed by atoms with E-state index in [0.717, 1.165) is 46.3 Å². The van der Waals surface area contributed by atoms with Crippen LogP contribution in [0.5, 0.6) is 0 Å². The van der Waals surface area contributed by atoms with Crippen LogP contribution in [0.4, 0.5) is 13.2 Å². The smallest absolute Gasteiger partial charge is 0.459 e. The highest BCUT2D eigenvalue weighted by Crippen LogP contribution is 2.43. The van der Waals surface area contributed by atoms with Crippen molar-refractivity contribution in [3.8, 4) is 11.1 Å². The van der Waals surface area contributed by atoms with Gasteiger partial charge in [0.05, 0.1) is 18.8 Å². The van der Waals surface area contributed by atoms with Gasteiger partial charge < -0.3 is 29.5 Å². The van der Waals surface area contributed by atoms with Crippen LogP contribution >= 0.6 is 0 Å². The zero-order chi connectivity index (χ0) is 39.5. The Labute approximate surface area is 319 Å². The van der Waals surface area contributed by atoms with Crippen LogP contribution in [0, 0.1) is 5.92 Å². The summed E-state index contributed by atoms with van der Waals surface area (Å²) in [5.41, 5.74) is 4.35. The van der Waals surface area contributed by atoms with Crippen molar-refractivity contribution < 1.29 is 46.9 Å². The molecule has 6 atom stereocenters. The average molecular weight is 766 g/mol. The predicted octanol–water partition coefficient (Wildman–Crippen LogP) is 6.61. The number of nitrogens with zero attached hydrogens (tertiary/aromatic N) is 2. The molecule has 3 aromatic rings. The van der Waals surface area contributed by atoms with Crippen molar-refractivity contribution in [3.05, 3.63) is 95.1 Å². The van der Waals surface area contributed by atoms with Gasteiger partial charge in [0.2, 0.25) is 5.91 Å². The Balaban J connectivity index is 1.19. The minimum absolute atomic E-state index is 0.0628. The van der Waals surface area contributed by atoms with Crippen LogP contribution in [0.25, 0.3) is 11.1 Å². The second kappa shape index (κ2) is 16.8. The largest absolute Gasteiger partial charge is 0.471 e. The first kappa shape index (κ1) is 40.4. The summed E-state index contributed by atoms with van der Waals surface area (Å²) in [5.74, 6) is -2.93. The first-order valence-electron chi connectivity index (χ1n) is 18.9. The van der Waals surface area contributed by atoms with Gasteiger partial charge in [0.15, 0.2) is 6.29 Å². The summed E-state index contributed by atoms with van der Waals surface area (Å²) in [6.07, 6.45) is -4.34. The van der Waals surface area contributed by atoms with Crippen LogP contribution in [0.15, 0.2) is 72.8 Å². The van der Waals surface area contributed by atoms with Gasteiger partial charge in [0, 0.05) is 31.1 Å². The number of hydrogen-bond donors (Lipinski definition) is 2. The molecule has 3 fully saturated rings. The molecular formula is C42H50F3N3O7. The molecule has 296 valence electrons. The Bertz CT molecular complexity index is 1810. The summed E-state index contributed by atoms with van der Waals surface area (Å²) in [6.45, 7) is 8.82. The Morgan fingerprint density at radius 3 is 2.20 bits per heavy atom. The highest BCUT2D eigenvalue weighted by atomic mass is 19.4. The van der Waals surface area contributed by atoms with E-state index in [1.165, 1.54) is 0 Å². The van der Waals surface area contributed by atoms with Crippen LogP contribution in [0.1, 0.15) is 88.0 Å². The van der Waals surface area contributed by atoms with Gasteiger partial charge in [-0.1, -0.05) is 79.7 Å². The third kappa shape index (κ3) is 9.57. The van der Waals surface area contributed by atoms with E-state index in [1.807, 2.05) is 93.6 Å². The molecule has 0 unspecified atom stereocenters. The van der Waals surface area contributed by atoms with Crippen molar-refractivity contribution >= 4 is 17.8 Å². The zero-order valence-corrected chi connectivity index (χ0v) is 31.7. The number of likely N-dealkylation sites (tertiary alicyclic amines) is 2. The van der Waals surface area contributed by atoms with Gasteiger partial charge in [-0.2, -0.15) is 13.2 Å². The fraction of sp³-hybridized carbons (Fsp3) is 0.500. The molecule has 3 heterocycles. The third-order valence-electron chi connectivity index (χ3n) is 10.6. The molecule has 2 amide bonds. The molecule has 0 bridgehead atoms. The van der Waals surface area contributed by atoms with E-state index < -0.39 is 35.9 Å². The normalized spacial score (nSPS) is 24.8. The highest BCUT2D eigenvalue weighted by molar-refractivity contribution is 5.90. The Morgan fingerprint density at radius 1 is 0.873 bits per heavy atom. The number of ether oxygens (including phenoxy) is 3. The summed E-state index contributed by atoms with van der Waals surface area (Å²) in [4.78, 5) is 40.9. The Hall–Kier alpha value is -4.30. The molecule has 3 aromatic carbocycles. The van der Waals surface area contributed by atoms with Gasteiger partial charge in [-0.25, -0.2) is 0 Å². The number of alkyl halides is 3. The van der Waals surface area contributed by atoms with Crippen molar-refractivity contribution in [1.82, 2.24) is 15.1 Å². The molecule has 55 heavy (non-hydrogen) atoms. The first-order chi connectivity index (χ1) is 26.1. The lowest BCUT2D eigenvalue weighted by Gasteiger charge is -2.43. The average Bonchev–Trinajstić information content (AvgIpc) is 3.84. The topological polar surface area (TPSA) is 118 Å². The fourth-order valence-corrected chi connectivity index (χ4v) is 7.76. The second-order valence-corrected chi connectivity index (χ2v) is 15.7. The van der Waals surface area contributed by atoms with E-state index >= 15 is 0 Å². The van der Waals surface area contributed by atoms with Crippen LogP contribution in [-0.2, 0) is 41.7 Å². The van der Waals surface area contributed by atoms with Crippen molar-refractivity contribution in [3.63, 3.8) is 0 Å². The summed E-state index contributed by atoms with van der Waals surface area (Å²) < 4.78 is 58.5. The Morgan fingerprint density at radius 2 is 1.53 bits per heavy atom. The molecule has 13 heteroatoms. The molecule has 3 aliphatic heterocycles. The van der Waals surface area contributed by atoms with Crippen LogP contribution in [-0.4, -0.2) is 82.3 Å². The number of aliphatic hydroxyl groups excluding tert-OH is 1. The van der Waals surface area contributed by atoms with E-state index in [-0.39, 0.29) is 56.3 Å². The maximum absolute atomic E-state index is 13.2. The SMILES string of the molecule is C[C@H]1[C@@H](CN2CCC[C@H]2C(=O)OC(C)(C)C)O[C@@H](c2ccc(-c3ccccc3CNC(=O)[C@@H]3CCCN3C(=O)C(F)(F)F)cc2)O[C@H]1c1ccc(CO)cc1. The van der Waals surface area contributed by atoms with E-state index in [2.05, 4.69) is 17.1 Å². The molecule has 3 aliphatic rings. The summed E-state index contributed by atoms with van der Waals surface area (Å²) in [6, 6.07) is 21.3. The lowest BCUT2D eigenvalue weighted by molar-refractivity contribution is -0.276. The van der Waals surface area contributed by atoms with Crippen molar-refractivity contribution in [2.45, 2.75) is 109 Å². The predicted molar refractivity (Wildman–Crippen MR) is 198 cm³/mol. The number of rotatable bonds is 10. The lowest BCUT2D eigenvalue weighted by atomic mass is 9.89. The maximum Gasteiger partial charge on any atom is 0.471 e. The number of esters is 1. The van der Waals surface area contributed by atoms with E-state index in [9.17, 15) is 32.7 Å². The number of benzene rings is 3. The van der Waals surface area contributed by atoms with Gasteiger partial charge in [0.1, 0.15) is 17.7 Å². The zero-order valence-electron chi connectivity index (χ0n) is 31.7. The minimum atomic E-state index is -5.04. The quantitative estimate of drug-likeness (QED) is 0.222. The molecule has 0 aromatic heterocycles. The number of hydrogen-bond acceptors (Lipinski definition) is 8. The van der Waals surface area contributed by atoms with Gasteiger partial charge in [0.25, 0.3) is 0 Å². The number of nitrogens with one attached hydrogen (secondary N) is 1. The van der Waals surface area contributed by atoms with Crippen LogP contribution < -0.4 is 5.32 Å². The van der Waals surface area contributed by atoms with E-state index in [4.69, 9.17) is 14.2 Å². The van der Waals surface area contributed by atoms with Gasteiger partial charge in [-0.05, 0) is 80.8 Å². The second-order valence-electron chi connectivity index (χ2n) is 15.7. The van der Waals surface area contributed by atoms with Gasteiger partial charge >= 0.3 is 18.1 Å². The molecule has 0 aliphatic carbocycles. The molecule has 6 rings (SSSR count). The molecule has 0 radical (unpaired) electrons. The van der Waals surface area contributed by atoms with E-state index in [1.54, 1.807) is 0 Å². The summed E-state index contributed by atoms with van der Waals surface area (Å²) in [5, 5.41) is 12.4. The fourth-order valence-electron chi connectivity index (χ4n) is 7.76. The van der Waals surface area contributed by atoms with Crippen LogP contribution in [0.3, 0.4) is 0 Å². The molecule has 0 spiro atoms. The molecule has 0 saturated carbocycles. The molecule has 2 N–H and O–H groups in total. The van der Waals surface area contributed by atoms with Crippen molar-refractivity contribution in [2.24, 2.45) is 5.92 Å². The highest BCUT2D eigenvalue weighted by Gasteiger charge is 2.48. The number of amides is 2. The van der Waals surface area contributed by atoms with E-state index in [0.29, 0.717) is 24.3 Å². The minimum Gasteiger partial charge on any atom is -0.459 e. The maximum atomic E-state index is 13.2. The first-order valence-corrected chi connectivity index (χ1v) is 18.9. The number of halogens is 3. The Kier molecular flexibility index (Phi) is 12.3. The monoisotopic (exact) mass is 765 g/mol. The summed E-state index contributed by atoms with van der Waals surface area (Å²) >= 11 is 0. The number of carbonyl (C=O) groups is 3. The van der Waals surface area contributed by atoms with Gasteiger partial charge in [-0.3, -0.25) is 19.3 Å². The van der Waals surface area contributed by atoms with Crippen LogP contribution in [0.2, 0.25) is 0 Å². The molecular weight excluding hydrogens is 715 g/mol. The van der Waals surface area contributed by atoms with Crippen molar-refractivity contribution in [2.75, 3.05) is 19.6 Å². The number of aliphatic hydroxyl groups is 1. The standard InChI is InChI=1S/C42H50F3N3O7/c1-26-35(24-47-21-7-12-34(47)38(51)55-41(2,3)4)53-39(54-36(26)29-15-13-27(25-49)14-16-29)30-19-17-28(18-20-30)32-10-6-5-9-31(32)23-46-37(50)33-11-8-22-48(33)40(52)42(43,44)45/h5-6,9-10,13-20,26,33-36,39,49H,7-8,11-12,21-25H2,1-4H3,(H,46,50)/t26-,33-,34-,35+,36+,39+/m0/s1. The lowest BCUT2D eigenvalue weighted by Crippen LogP contribution is -2.50.